The zero-order valence-electron chi connectivity index (χ0n) is 9.48. The lowest BCUT2D eigenvalue weighted by atomic mass is 10.2. The molecule has 5 heteroatoms. The second-order valence-corrected chi connectivity index (χ2v) is 4.11. The van der Waals surface area contributed by atoms with Gasteiger partial charge in [-0.3, -0.25) is 0 Å². The maximum Gasteiger partial charge on any atom is 0.344 e. The molecule has 0 saturated carbocycles. The largest absolute Gasteiger partial charge is 0.487 e. The van der Waals surface area contributed by atoms with E-state index >= 15 is 0 Å². The summed E-state index contributed by atoms with van der Waals surface area (Å²) in [5.41, 5.74) is 7.06. The molecule has 0 fully saturated rings. The molecule has 1 rings (SSSR count). The van der Waals surface area contributed by atoms with Gasteiger partial charge in [0.15, 0.2) is 6.61 Å². The Kier molecular flexibility index (Phi) is 5.56. The molecule has 0 heterocycles. The molecule has 4 nitrogen and oxygen atoms in total. The monoisotopic (exact) mass is 299 g/mol. The van der Waals surface area contributed by atoms with Crippen LogP contribution in [0, 0.1) is 0 Å². The van der Waals surface area contributed by atoms with E-state index < -0.39 is 5.97 Å². The van der Waals surface area contributed by atoms with E-state index in [2.05, 4.69) is 15.9 Å². The van der Waals surface area contributed by atoms with E-state index in [0.29, 0.717) is 12.3 Å². The van der Waals surface area contributed by atoms with Crippen molar-refractivity contribution in [3.8, 4) is 0 Å². The molecule has 0 aliphatic carbocycles. The molecule has 0 spiro atoms. The lowest BCUT2D eigenvalue weighted by Gasteiger charge is -2.04. The smallest absolute Gasteiger partial charge is 0.344 e. The molecular weight excluding hydrogens is 286 g/mol. The van der Waals surface area contributed by atoms with Crippen LogP contribution in [0.25, 0.3) is 5.70 Å². The summed E-state index contributed by atoms with van der Waals surface area (Å²) in [5.74, 6) is -0.410. The summed E-state index contributed by atoms with van der Waals surface area (Å²) < 4.78 is 10.7. The van der Waals surface area contributed by atoms with Crippen molar-refractivity contribution in [1.82, 2.24) is 0 Å². The minimum Gasteiger partial charge on any atom is -0.487 e. The average molecular weight is 300 g/mol. The normalized spacial score (nSPS) is 11.1. The molecule has 0 saturated heterocycles. The quantitative estimate of drug-likeness (QED) is 0.669. The maximum absolute atomic E-state index is 11.0. The molecule has 0 aromatic heterocycles. The van der Waals surface area contributed by atoms with E-state index in [9.17, 15) is 4.79 Å². The number of carbonyl (C=O) groups excluding carboxylic acids is 1. The molecule has 0 amide bonds. The van der Waals surface area contributed by atoms with E-state index in [1.807, 2.05) is 24.3 Å². The Morgan fingerprint density at radius 3 is 2.65 bits per heavy atom. The molecule has 0 unspecified atom stereocenters. The molecule has 17 heavy (non-hydrogen) atoms. The van der Waals surface area contributed by atoms with Crippen molar-refractivity contribution in [2.45, 2.75) is 6.92 Å². The van der Waals surface area contributed by atoms with Crippen LogP contribution in [0.1, 0.15) is 12.5 Å². The van der Waals surface area contributed by atoms with Crippen LogP contribution in [0.2, 0.25) is 0 Å². The molecule has 1 aromatic rings. The minimum atomic E-state index is -0.410. The number of halogens is 1. The highest BCUT2D eigenvalue weighted by Gasteiger charge is 2.01. The van der Waals surface area contributed by atoms with Crippen LogP contribution >= 0.6 is 15.9 Å². The Morgan fingerprint density at radius 2 is 2.06 bits per heavy atom. The highest BCUT2D eigenvalue weighted by Crippen LogP contribution is 2.14. The summed E-state index contributed by atoms with van der Waals surface area (Å²) in [6, 6.07) is 7.45. The van der Waals surface area contributed by atoms with Crippen molar-refractivity contribution < 1.29 is 14.3 Å². The van der Waals surface area contributed by atoms with Gasteiger partial charge in [-0.05, 0) is 19.1 Å². The zero-order valence-corrected chi connectivity index (χ0v) is 11.1. The first-order chi connectivity index (χ1) is 8.13. The molecule has 0 atom stereocenters. The zero-order chi connectivity index (χ0) is 12.7. The third kappa shape index (κ3) is 4.91. The molecule has 0 aliphatic rings. The van der Waals surface area contributed by atoms with Crippen molar-refractivity contribution >= 4 is 27.6 Å². The lowest BCUT2D eigenvalue weighted by Crippen LogP contribution is -2.11. The summed E-state index contributed by atoms with van der Waals surface area (Å²) >= 11 is 3.33. The van der Waals surface area contributed by atoms with Crippen molar-refractivity contribution in [3.63, 3.8) is 0 Å². The fourth-order valence-electron chi connectivity index (χ4n) is 1.11. The van der Waals surface area contributed by atoms with Crippen molar-refractivity contribution in [2.75, 3.05) is 13.2 Å². The highest BCUT2D eigenvalue weighted by atomic mass is 79.9. The topological polar surface area (TPSA) is 61.5 Å². The molecular formula is C12H14BrNO3. The Hall–Kier alpha value is -1.49. The number of nitrogens with two attached hydrogens (primary N) is 1. The van der Waals surface area contributed by atoms with Crippen LogP contribution < -0.4 is 5.73 Å². The van der Waals surface area contributed by atoms with Crippen LogP contribution in [0.15, 0.2) is 35.0 Å². The first-order valence-electron chi connectivity index (χ1n) is 5.12. The third-order valence-electron chi connectivity index (χ3n) is 1.89. The minimum absolute atomic E-state index is 0.134. The molecule has 2 N–H and O–H groups in total. The second kappa shape index (κ2) is 6.96. The van der Waals surface area contributed by atoms with Gasteiger partial charge in [0, 0.05) is 10.0 Å². The van der Waals surface area contributed by atoms with Crippen molar-refractivity contribution in [3.05, 3.63) is 40.6 Å². The number of benzene rings is 1. The Morgan fingerprint density at radius 1 is 1.41 bits per heavy atom. The maximum atomic E-state index is 11.0. The van der Waals surface area contributed by atoms with E-state index in [-0.39, 0.29) is 6.61 Å². The van der Waals surface area contributed by atoms with Crippen molar-refractivity contribution in [2.24, 2.45) is 5.73 Å². The predicted octanol–water partition coefficient (Wildman–Crippen LogP) is 2.29. The van der Waals surface area contributed by atoms with Gasteiger partial charge in [-0.15, -0.1) is 0 Å². The van der Waals surface area contributed by atoms with Crippen LogP contribution in [-0.2, 0) is 14.3 Å². The second-order valence-electron chi connectivity index (χ2n) is 3.20. The fraction of sp³-hybridized carbons (Fsp3) is 0.250. The average Bonchev–Trinajstić information content (AvgIpc) is 2.30. The molecule has 0 bridgehead atoms. The first kappa shape index (κ1) is 13.6. The Labute approximate surface area is 109 Å². The first-order valence-corrected chi connectivity index (χ1v) is 5.91. The molecule has 92 valence electrons. The summed E-state index contributed by atoms with van der Waals surface area (Å²) in [6.07, 6.45) is 1.35. The molecule has 1 aromatic carbocycles. The van der Waals surface area contributed by atoms with Gasteiger partial charge in [-0.1, -0.05) is 28.1 Å². The fourth-order valence-corrected chi connectivity index (χ4v) is 1.38. The standard InChI is InChI=1S/C12H14BrNO3/c1-2-17-12(15)8-16-7-11(14)9-3-5-10(13)6-4-9/h3-7H,2,8,14H2,1H3/b11-7-. The summed E-state index contributed by atoms with van der Waals surface area (Å²) in [4.78, 5) is 11.0. The van der Waals surface area contributed by atoms with Gasteiger partial charge in [-0.25, -0.2) is 4.79 Å². The number of hydrogen-bond donors (Lipinski definition) is 1. The number of rotatable bonds is 5. The van der Waals surface area contributed by atoms with Crippen LogP contribution in [0.4, 0.5) is 0 Å². The number of esters is 1. The molecule has 0 aliphatic heterocycles. The van der Waals surface area contributed by atoms with Gasteiger partial charge in [-0.2, -0.15) is 0 Å². The number of hydrogen-bond acceptors (Lipinski definition) is 4. The third-order valence-corrected chi connectivity index (χ3v) is 2.42. The van der Waals surface area contributed by atoms with Gasteiger partial charge in [0.1, 0.15) is 6.26 Å². The van der Waals surface area contributed by atoms with Gasteiger partial charge < -0.3 is 15.2 Å². The van der Waals surface area contributed by atoms with E-state index in [4.69, 9.17) is 15.2 Å². The number of carbonyl (C=O) groups is 1. The van der Waals surface area contributed by atoms with E-state index in [0.717, 1.165) is 10.0 Å². The Bertz CT molecular complexity index is 401. The van der Waals surface area contributed by atoms with Gasteiger partial charge in [0.05, 0.1) is 12.3 Å². The summed E-state index contributed by atoms with van der Waals surface area (Å²) in [6.45, 7) is 1.95. The predicted molar refractivity (Wildman–Crippen MR) is 68.9 cm³/mol. The van der Waals surface area contributed by atoms with E-state index in [1.165, 1.54) is 6.26 Å². The highest BCUT2D eigenvalue weighted by molar-refractivity contribution is 9.10. The molecule has 0 radical (unpaired) electrons. The van der Waals surface area contributed by atoms with Gasteiger partial charge >= 0.3 is 5.97 Å². The van der Waals surface area contributed by atoms with Gasteiger partial charge in [0.2, 0.25) is 0 Å². The lowest BCUT2D eigenvalue weighted by molar-refractivity contribution is -0.146. The number of ether oxygens (including phenoxy) is 2. The Balaban J connectivity index is 2.49. The van der Waals surface area contributed by atoms with Gasteiger partial charge in [0.25, 0.3) is 0 Å². The van der Waals surface area contributed by atoms with Crippen molar-refractivity contribution in [1.29, 1.82) is 0 Å². The van der Waals surface area contributed by atoms with E-state index in [1.54, 1.807) is 6.92 Å². The van der Waals surface area contributed by atoms with Crippen LogP contribution in [0.5, 0.6) is 0 Å². The summed E-state index contributed by atoms with van der Waals surface area (Å²) in [5, 5.41) is 0. The summed E-state index contributed by atoms with van der Waals surface area (Å²) in [7, 11) is 0. The van der Waals surface area contributed by atoms with Crippen LogP contribution in [0.3, 0.4) is 0 Å². The van der Waals surface area contributed by atoms with Crippen LogP contribution in [-0.4, -0.2) is 19.2 Å². The SMILES string of the molecule is CCOC(=O)CO/C=C(\N)c1ccc(Br)cc1.